The second kappa shape index (κ2) is 7.47. The highest BCUT2D eigenvalue weighted by Crippen LogP contribution is 2.24. The zero-order chi connectivity index (χ0) is 15.2. The van der Waals surface area contributed by atoms with Crippen LogP contribution < -0.4 is 10.6 Å². The van der Waals surface area contributed by atoms with Crippen LogP contribution in [0.3, 0.4) is 0 Å². The van der Waals surface area contributed by atoms with E-state index in [4.69, 9.17) is 4.42 Å². The maximum absolute atomic E-state index is 12.0. The Bertz CT molecular complexity index is 562. The summed E-state index contributed by atoms with van der Waals surface area (Å²) in [4.78, 5) is 15.5. The molecule has 0 aliphatic carbocycles. The number of nitrogens with zero attached hydrogens (tertiary/aromatic N) is 1. The van der Waals surface area contributed by atoms with Crippen LogP contribution in [0, 0.1) is 0 Å². The van der Waals surface area contributed by atoms with Crippen molar-refractivity contribution >= 4 is 17.4 Å². The van der Waals surface area contributed by atoms with Gasteiger partial charge in [0.05, 0.1) is 18.8 Å². The molecule has 0 saturated carbocycles. The van der Waals surface area contributed by atoms with Crippen LogP contribution >= 0.6 is 11.3 Å². The van der Waals surface area contributed by atoms with E-state index in [-0.39, 0.29) is 12.1 Å². The normalized spacial score (nSPS) is 16.5. The molecule has 1 aliphatic rings. The lowest BCUT2D eigenvalue weighted by Gasteiger charge is -2.26. The number of carbonyl (C=O) groups is 1. The molecule has 1 aliphatic heterocycles. The number of carbonyl (C=O) groups excluding carboxylic acids is 1. The van der Waals surface area contributed by atoms with E-state index >= 15 is 0 Å². The van der Waals surface area contributed by atoms with Gasteiger partial charge >= 0.3 is 6.03 Å². The Balaban J connectivity index is 1.51. The largest absolute Gasteiger partial charge is 0.468 e. The van der Waals surface area contributed by atoms with Crippen LogP contribution in [0.25, 0.3) is 0 Å². The highest BCUT2D eigenvalue weighted by molar-refractivity contribution is 7.09. The molecule has 22 heavy (non-hydrogen) atoms. The van der Waals surface area contributed by atoms with E-state index in [1.165, 1.54) is 12.8 Å². The van der Waals surface area contributed by atoms with Crippen LogP contribution in [-0.4, -0.2) is 30.6 Å². The summed E-state index contributed by atoms with van der Waals surface area (Å²) in [7, 11) is 0. The monoisotopic (exact) mass is 319 g/mol. The minimum Gasteiger partial charge on any atom is -0.468 e. The van der Waals surface area contributed by atoms with Crippen molar-refractivity contribution in [2.75, 3.05) is 19.6 Å². The molecule has 2 amide bonds. The molecule has 3 heterocycles. The summed E-state index contributed by atoms with van der Waals surface area (Å²) in [5, 5.41) is 7.86. The molecule has 2 aromatic rings. The number of amides is 2. The van der Waals surface area contributed by atoms with E-state index < -0.39 is 0 Å². The van der Waals surface area contributed by atoms with E-state index in [1.54, 1.807) is 17.6 Å². The molecular weight excluding hydrogens is 298 g/mol. The van der Waals surface area contributed by atoms with Crippen LogP contribution in [-0.2, 0) is 6.54 Å². The van der Waals surface area contributed by atoms with Gasteiger partial charge in [-0.15, -0.1) is 11.3 Å². The lowest BCUT2D eigenvalue weighted by Crippen LogP contribution is -2.41. The number of furan rings is 1. The topological polar surface area (TPSA) is 57.5 Å². The van der Waals surface area contributed by atoms with Gasteiger partial charge in [0.25, 0.3) is 0 Å². The summed E-state index contributed by atoms with van der Waals surface area (Å²) in [5.74, 6) is 0.917. The molecule has 118 valence electrons. The number of urea groups is 1. The van der Waals surface area contributed by atoms with Crippen molar-refractivity contribution in [3.05, 3.63) is 46.5 Å². The van der Waals surface area contributed by atoms with Crippen LogP contribution in [0.15, 0.2) is 40.3 Å². The van der Waals surface area contributed by atoms with Gasteiger partial charge in [0, 0.05) is 11.4 Å². The number of hydrogen-bond donors (Lipinski definition) is 2. The predicted molar refractivity (Wildman–Crippen MR) is 86.8 cm³/mol. The molecular formula is C16H21N3O2S. The maximum atomic E-state index is 12.0. The van der Waals surface area contributed by atoms with Crippen molar-refractivity contribution in [3.63, 3.8) is 0 Å². The Morgan fingerprint density at radius 1 is 1.27 bits per heavy atom. The average Bonchev–Trinajstić information content (AvgIpc) is 3.27. The molecule has 0 spiro atoms. The van der Waals surface area contributed by atoms with E-state index in [0.717, 1.165) is 23.7 Å². The zero-order valence-corrected chi connectivity index (χ0v) is 13.3. The second-order valence-corrected chi connectivity index (χ2v) is 6.45. The Morgan fingerprint density at radius 3 is 2.82 bits per heavy atom. The lowest BCUT2D eigenvalue weighted by molar-refractivity contribution is 0.203. The highest BCUT2D eigenvalue weighted by atomic mass is 32.1. The molecule has 0 radical (unpaired) electrons. The number of rotatable bonds is 6. The van der Waals surface area contributed by atoms with Crippen molar-refractivity contribution in [2.45, 2.75) is 25.4 Å². The van der Waals surface area contributed by atoms with Gasteiger partial charge in [-0.2, -0.15) is 0 Å². The highest BCUT2D eigenvalue weighted by Gasteiger charge is 2.25. The molecule has 0 aromatic carbocycles. The van der Waals surface area contributed by atoms with Gasteiger partial charge in [-0.1, -0.05) is 6.07 Å². The second-order valence-electron chi connectivity index (χ2n) is 5.42. The number of nitrogens with one attached hydrogen (secondary N) is 2. The fraction of sp³-hybridized carbons (Fsp3) is 0.438. The van der Waals surface area contributed by atoms with Crippen molar-refractivity contribution in [3.8, 4) is 0 Å². The van der Waals surface area contributed by atoms with E-state index in [2.05, 4.69) is 15.5 Å². The van der Waals surface area contributed by atoms with Gasteiger partial charge in [0.1, 0.15) is 5.76 Å². The number of thiophene rings is 1. The predicted octanol–water partition coefficient (Wildman–Crippen LogP) is 2.98. The van der Waals surface area contributed by atoms with Gasteiger partial charge in [-0.05, 0) is 49.5 Å². The number of hydrogen-bond acceptors (Lipinski definition) is 4. The molecule has 1 atom stereocenters. The Morgan fingerprint density at radius 2 is 2.14 bits per heavy atom. The first-order chi connectivity index (χ1) is 10.8. The number of likely N-dealkylation sites (tertiary alicyclic amines) is 1. The molecule has 0 bridgehead atoms. The fourth-order valence-corrected chi connectivity index (χ4v) is 3.42. The van der Waals surface area contributed by atoms with Crippen molar-refractivity contribution in [2.24, 2.45) is 0 Å². The SMILES string of the molecule is O=C(NCc1cccs1)NCC(c1ccco1)N1CCCC1. The standard InChI is InChI=1S/C16H21N3O2S/c20-16(17-11-13-5-4-10-22-13)18-12-14(15-6-3-9-21-15)19-7-1-2-8-19/h3-6,9-10,14H,1-2,7-8,11-12H2,(H2,17,18,20). The quantitative estimate of drug-likeness (QED) is 0.860. The van der Waals surface area contributed by atoms with Crippen LogP contribution in [0.2, 0.25) is 0 Å². The average molecular weight is 319 g/mol. The summed E-state index contributed by atoms with van der Waals surface area (Å²) in [5.41, 5.74) is 0. The summed E-state index contributed by atoms with van der Waals surface area (Å²) in [6.45, 7) is 3.25. The van der Waals surface area contributed by atoms with Gasteiger partial charge < -0.3 is 15.1 Å². The van der Waals surface area contributed by atoms with Crippen molar-refractivity contribution in [1.82, 2.24) is 15.5 Å². The molecule has 1 saturated heterocycles. The molecule has 2 N–H and O–H groups in total. The first-order valence-electron chi connectivity index (χ1n) is 7.64. The molecule has 3 rings (SSSR count). The van der Waals surface area contributed by atoms with Crippen LogP contribution in [0.1, 0.15) is 29.5 Å². The van der Waals surface area contributed by atoms with Crippen LogP contribution in [0.5, 0.6) is 0 Å². The lowest BCUT2D eigenvalue weighted by atomic mass is 10.2. The summed E-state index contributed by atoms with van der Waals surface area (Å²) in [6, 6.07) is 7.86. The maximum Gasteiger partial charge on any atom is 0.315 e. The Labute approximate surface area is 134 Å². The molecule has 2 aromatic heterocycles. The van der Waals surface area contributed by atoms with Gasteiger partial charge in [-0.3, -0.25) is 4.90 Å². The summed E-state index contributed by atoms with van der Waals surface area (Å²) in [6.07, 6.45) is 4.11. The van der Waals surface area contributed by atoms with Crippen molar-refractivity contribution in [1.29, 1.82) is 0 Å². The van der Waals surface area contributed by atoms with Crippen LogP contribution in [0.4, 0.5) is 4.79 Å². The minimum atomic E-state index is -0.135. The van der Waals surface area contributed by atoms with Gasteiger partial charge in [-0.25, -0.2) is 4.79 Å². The van der Waals surface area contributed by atoms with Gasteiger partial charge in [0.15, 0.2) is 0 Å². The molecule has 1 unspecified atom stereocenters. The first kappa shape index (κ1) is 15.1. The zero-order valence-electron chi connectivity index (χ0n) is 12.5. The van der Waals surface area contributed by atoms with Crippen molar-refractivity contribution < 1.29 is 9.21 Å². The van der Waals surface area contributed by atoms with E-state index in [1.807, 2.05) is 29.6 Å². The summed E-state index contributed by atoms with van der Waals surface area (Å²) >= 11 is 1.64. The molecule has 6 heteroatoms. The third-order valence-corrected chi connectivity index (χ3v) is 4.79. The molecule has 1 fully saturated rings. The molecule has 5 nitrogen and oxygen atoms in total. The first-order valence-corrected chi connectivity index (χ1v) is 8.52. The third kappa shape index (κ3) is 3.90. The van der Waals surface area contributed by atoms with Gasteiger partial charge in [0.2, 0.25) is 0 Å². The van der Waals surface area contributed by atoms with E-state index in [0.29, 0.717) is 13.1 Å². The Hall–Kier alpha value is -1.79. The fourth-order valence-electron chi connectivity index (χ4n) is 2.78. The van der Waals surface area contributed by atoms with E-state index in [9.17, 15) is 4.79 Å². The summed E-state index contributed by atoms with van der Waals surface area (Å²) < 4.78 is 5.55. The third-order valence-electron chi connectivity index (χ3n) is 3.91. The Kier molecular flexibility index (Phi) is 5.13. The minimum absolute atomic E-state index is 0.116. The smallest absolute Gasteiger partial charge is 0.315 e.